The zero-order valence-corrected chi connectivity index (χ0v) is 10.2. The molecule has 0 aromatic carbocycles. The molecule has 7 heteroatoms. The number of hydrogen-bond acceptors (Lipinski definition) is 4. The van der Waals surface area contributed by atoms with Crippen molar-refractivity contribution in [1.29, 1.82) is 0 Å². The Hall–Kier alpha value is -1.89. The predicted octanol–water partition coefficient (Wildman–Crippen LogP) is 0.415. The summed E-state index contributed by atoms with van der Waals surface area (Å²) in [6.45, 7) is 1.25. The van der Waals surface area contributed by atoms with E-state index in [-0.39, 0.29) is 11.6 Å². The molecule has 0 aliphatic heterocycles. The van der Waals surface area contributed by atoms with Crippen molar-refractivity contribution in [2.45, 2.75) is 18.9 Å². The second-order valence-corrected chi connectivity index (χ2v) is 4.44. The summed E-state index contributed by atoms with van der Waals surface area (Å²) in [5, 5.41) is 16.6. The van der Waals surface area contributed by atoms with E-state index in [1.807, 2.05) is 0 Å². The van der Waals surface area contributed by atoms with E-state index in [9.17, 15) is 14.9 Å². The number of hydrogen-bond donors (Lipinski definition) is 2. The third kappa shape index (κ3) is 3.07. The van der Waals surface area contributed by atoms with Crippen LogP contribution in [0.15, 0.2) is 12.3 Å². The largest absolute Gasteiger partial charge is 0.349 e. The van der Waals surface area contributed by atoms with Gasteiger partial charge in [0.25, 0.3) is 11.6 Å². The van der Waals surface area contributed by atoms with Gasteiger partial charge >= 0.3 is 0 Å². The Balaban J connectivity index is 1.84. The molecule has 7 nitrogen and oxygen atoms in total. The summed E-state index contributed by atoms with van der Waals surface area (Å²) in [6, 6.07) is 1.89. The molecule has 1 aliphatic carbocycles. The highest BCUT2D eigenvalue weighted by atomic mass is 16.6. The van der Waals surface area contributed by atoms with Crippen LogP contribution >= 0.6 is 0 Å². The van der Waals surface area contributed by atoms with Crippen LogP contribution < -0.4 is 10.6 Å². The molecular weight excluding hydrogens is 236 g/mol. The van der Waals surface area contributed by atoms with Crippen LogP contribution in [0.2, 0.25) is 0 Å². The van der Waals surface area contributed by atoms with Gasteiger partial charge in [-0.25, -0.2) is 0 Å². The molecule has 0 unspecified atom stereocenters. The quantitative estimate of drug-likeness (QED) is 0.436. The van der Waals surface area contributed by atoms with Crippen molar-refractivity contribution < 1.29 is 9.72 Å². The van der Waals surface area contributed by atoms with E-state index in [4.69, 9.17) is 0 Å². The van der Waals surface area contributed by atoms with Gasteiger partial charge in [0.1, 0.15) is 5.69 Å². The molecule has 1 aromatic heterocycles. The van der Waals surface area contributed by atoms with Crippen LogP contribution in [0.3, 0.4) is 0 Å². The van der Waals surface area contributed by atoms with Crippen LogP contribution in [0, 0.1) is 10.1 Å². The molecule has 1 amide bonds. The van der Waals surface area contributed by atoms with Crippen molar-refractivity contribution >= 4 is 11.6 Å². The fourth-order valence-corrected chi connectivity index (χ4v) is 1.70. The van der Waals surface area contributed by atoms with Crippen molar-refractivity contribution in [2.24, 2.45) is 7.05 Å². The van der Waals surface area contributed by atoms with Gasteiger partial charge in [0, 0.05) is 32.2 Å². The van der Waals surface area contributed by atoms with E-state index in [0.717, 1.165) is 6.54 Å². The summed E-state index contributed by atoms with van der Waals surface area (Å²) >= 11 is 0. The lowest BCUT2D eigenvalue weighted by molar-refractivity contribution is -0.384. The molecule has 0 bridgehead atoms. The van der Waals surface area contributed by atoms with Gasteiger partial charge in [-0.3, -0.25) is 14.9 Å². The lowest BCUT2D eigenvalue weighted by atomic mass is 10.4. The number of nitrogens with one attached hydrogen (secondary N) is 2. The fourth-order valence-electron chi connectivity index (χ4n) is 1.70. The molecule has 1 aliphatic rings. The Morgan fingerprint density at radius 1 is 1.56 bits per heavy atom. The summed E-state index contributed by atoms with van der Waals surface area (Å²) in [6.07, 6.45) is 3.74. The van der Waals surface area contributed by atoms with E-state index in [1.165, 1.54) is 29.7 Å². The van der Waals surface area contributed by atoms with Crippen LogP contribution in [0.25, 0.3) is 0 Å². The Kier molecular flexibility index (Phi) is 3.61. The Bertz CT molecular complexity index is 465. The topological polar surface area (TPSA) is 89.2 Å². The minimum atomic E-state index is -0.509. The molecule has 2 rings (SSSR count). The van der Waals surface area contributed by atoms with E-state index in [2.05, 4.69) is 10.6 Å². The lowest BCUT2D eigenvalue weighted by Crippen LogP contribution is -2.33. The Morgan fingerprint density at radius 3 is 2.83 bits per heavy atom. The maximum atomic E-state index is 11.8. The van der Waals surface area contributed by atoms with Crippen LogP contribution in [0.1, 0.15) is 23.3 Å². The number of aryl methyl sites for hydroxylation is 1. The molecule has 1 heterocycles. The van der Waals surface area contributed by atoms with Gasteiger partial charge in [0.15, 0.2) is 0 Å². The van der Waals surface area contributed by atoms with Crippen LogP contribution in [-0.2, 0) is 7.05 Å². The minimum Gasteiger partial charge on any atom is -0.349 e. The van der Waals surface area contributed by atoms with Crippen molar-refractivity contribution in [3.63, 3.8) is 0 Å². The third-order valence-corrected chi connectivity index (χ3v) is 2.85. The molecule has 0 radical (unpaired) electrons. The Morgan fingerprint density at radius 2 is 2.28 bits per heavy atom. The number of carbonyl (C=O) groups excluding carboxylic acids is 1. The predicted molar refractivity (Wildman–Crippen MR) is 65.4 cm³/mol. The smallest absolute Gasteiger partial charge is 0.287 e. The number of aromatic nitrogens is 1. The van der Waals surface area contributed by atoms with Gasteiger partial charge in [0.05, 0.1) is 11.1 Å². The molecule has 18 heavy (non-hydrogen) atoms. The molecule has 1 aromatic rings. The first-order valence-corrected chi connectivity index (χ1v) is 5.90. The molecule has 1 fully saturated rings. The van der Waals surface area contributed by atoms with Gasteiger partial charge in [-0.2, -0.15) is 0 Å². The highest BCUT2D eigenvalue weighted by Crippen LogP contribution is 2.18. The number of carbonyl (C=O) groups is 1. The first-order chi connectivity index (χ1) is 8.58. The normalized spacial score (nSPS) is 14.5. The van der Waals surface area contributed by atoms with Gasteiger partial charge in [-0.1, -0.05) is 0 Å². The molecule has 1 saturated carbocycles. The van der Waals surface area contributed by atoms with Crippen LogP contribution in [-0.4, -0.2) is 34.5 Å². The number of nitrogens with zero attached hydrogens (tertiary/aromatic N) is 2. The minimum absolute atomic E-state index is 0.0706. The number of rotatable bonds is 6. The zero-order valence-electron chi connectivity index (χ0n) is 10.2. The second kappa shape index (κ2) is 5.18. The van der Waals surface area contributed by atoms with Crippen molar-refractivity contribution in [2.75, 3.05) is 13.1 Å². The third-order valence-electron chi connectivity index (χ3n) is 2.85. The summed E-state index contributed by atoms with van der Waals surface area (Å²) < 4.78 is 1.46. The summed E-state index contributed by atoms with van der Waals surface area (Å²) in [7, 11) is 1.62. The van der Waals surface area contributed by atoms with Gasteiger partial charge in [-0.05, 0) is 12.8 Å². The van der Waals surface area contributed by atoms with E-state index >= 15 is 0 Å². The van der Waals surface area contributed by atoms with Crippen LogP contribution in [0.5, 0.6) is 0 Å². The highest BCUT2D eigenvalue weighted by Gasteiger charge is 2.20. The molecule has 0 atom stereocenters. The van der Waals surface area contributed by atoms with Gasteiger partial charge in [-0.15, -0.1) is 0 Å². The molecule has 0 saturated heterocycles. The number of amides is 1. The van der Waals surface area contributed by atoms with E-state index in [1.54, 1.807) is 7.05 Å². The summed E-state index contributed by atoms with van der Waals surface area (Å²) in [4.78, 5) is 21.9. The molecule has 0 spiro atoms. The first-order valence-electron chi connectivity index (χ1n) is 5.90. The number of nitro groups is 1. The average Bonchev–Trinajstić information content (AvgIpc) is 3.05. The summed E-state index contributed by atoms with van der Waals surface area (Å²) in [5.41, 5.74) is 0.229. The van der Waals surface area contributed by atoms with Crippen molar-refractivity contribution in [3.8, 4) is 0 Å². The summed E-state index contributed by atoms with van der Waals surface area (Å²) in [5.74, 6) is -0.289. The average molecular weight is 252 g/mol. The van der Waals surface area contributed by atoms with E-state index in [0.29, 0.717) is 18.3 Å². The SMILES string of the molecule is Cn1cc([N+](=O)[O-])cc1C(=O)NCCNC1CC1. The zero-order chi connectivity index (χ0) is 13.1. The lowest BCUT2D eigenvalue weighted by Gasteiger charge is -2.06. The standard InChI is InChI=1S/C11H16N4O3/c1-14-7-9(15(17)18)6-10(14)11(16)13-5-4-12-8-2-3-8/h6-8,12H,2-5H2,1H3,(H,13,16). The molecule has 98 valence electrons. The molecular formula is C11H16N4O3. The first kappa shape index (κ1) is 12.6. The van der Waals surface area contributed by atoms with Crippen LogP contribution in [0.4, 0.5) is 5.69 Å². The second-order valence-electron chi connectivity index (χ2n) is 4.44. The Labute approximate surface area is 104 Å². The van der Waals surface area contributed by atoms with Crippen molar-refractivity contribution in [1.82, 2.24) is 15.2 Å². The monoisotopic (exact) mass is 252 g/mol. The fraction of sp³-hybridized carbons (Fsp3) is 0.545. The van der Waals surface area contributed by atoms with Gasteiger partial charge in [0.2, 0.25) is 0 Å². The van der Waals surface area contributed by atoms with Gasteiger partial charge < -0.3 is 15.2 Å². The van der Waals surface area contributed by atoms with Crippen molar-refractivity contribution in [3.05, 3.63) is 28.1 Å². The highest BCUT2D eigenvalue weighted by molar-refractivity contribution is 5.93. The maximum absolute atomic E-state index is 11.8. The molecule has 2 N–H and O–H groups in total. The maximum Gasteiger partial charge on any atom is 0.287 e. The van der Waals surface area contributed by atoms with E-state index < -0.39 is 4.92 Å².